The minimum Gasteiger partial charge on any atom is -0.330 e. The predicted octanol–water partition coefficient (Wildman–Crippen LogP) is 1.67. The topological polar surface area (TPSA) is 58.4 Å². The number of amides is 1. The van der Waals surface area contributed by atoms with Crippen LogP contribution in [0.4, 0.5) is 5.69 Å². The first kappa shape index (κ1) is 14.7. The Balaban J connectivity index is 2.55. The van der Waals surface area contributed by atoms with E-state index in [0.717, 1.165) is 12.2 Å². The summed E-state index contributed by atoms with van der Waals surface area (Å²) in [5.41, 5.74) is 7.51. The van der Waals surface area contributed by atoms with Gasteiger partial charge in [0, 0.05) is 18.2 Å². The van der Waals surface area contributed by atoms with Crippen molar-refractivity contribution in [1.82, 2.24) is 4.90 Å². The highest BCUT2D eigenvalue weighted by atomic mass is 16.1. The number of anilines is 1. The van der Waals surface area contributed by atoms with E-state index in [0.29, 0.717) is 13.0 Å². The van der Waals surface area contributed by atoms with Gasteiger partial charge < -0.3 is 16.0 Å². The Labute approximate surface area is 109 Å². The van der Waals surface area contributed by atoms with Crippen LogP contribution in [-0.2, 0) is 11.3 Å². The van der Waals surface area contributed by atoms with Crippen molar-refractivity contribution in [2.75, 3.05) is 26.0 Å². The minimum absolute atomic E-state index is 0.0285. The number of nitrogens with one attached hydrogen (secondary N) is 1. The fraction of sp³-hybridized carbons (Fsp3) is 0.500. The summed E-state index contributed by atoms with van der Waals surface area (Å²) in [4.78, 5) is 13.9. The highest BCUT2D eigenvalue weighted by molar-refractivity contribution is 5.92. The van der Waals surface area contributed by atoms with Gasteiger partial charge >= 0.3 is 0 Å². The molecule has 1 amide bonds. The first-order chi connectivity index (χ1) is 8.52. The third kappa shape index (κ3) is 4.85. The summed E-state index contributed by atoms with van der Waals surface area (Å²) in [5.74, 6) is -0.0164. The third-order valence-corrected chi connectivity index (χ3v) is 2.77. The molecule has 0 spiro atoms. The van der Waals surface area contributed by atoms with Crippen molar-refractivity contribution in [3.8, 4) is 0 Å². The molecule has 4 heteroatoms. The van der Waals surface area contributed by atoms with E-state index in [4.69, 9.17) is 5.73 Å². The zero-order valence-electron chi connectivity index (χ0n) is 11.4. The molecular formula is C14H23N3O. The minimum atomic E-state index is -0.0450. The van der Waals surface area contributed by atoms with Crippen molar-refractivity contribution in [2.45, 2.75) is 19.9 Å². The van der Waals surface area contributed by atoms with Gasteiger partial charge in [-0.05, 0) is 44.8 Å². The zero-order chi connectivity index (χ0) is 13.5. The molecule has 0 fully saturated rings. The Morgan fingerprint density at radius 2 is 1.94 bits per heavy atom. The number of nitrogens with zero attached hydrogens (tertiary/aromatic N) is 1. The van der Waals surface area contributed by atoms with Crippen LogP contribution in [0.2, 0.25) is 0 Å². The van der Waals surface area contributed by atoms with E-state index in [1.165, 1.54) is 5.56 Å². The van der Waals surface area contributed by atoms with Crippen molar-refractivity contribution in [1.29, 1.82) is 0 Å². The van der Waals surface area contributed by atoms with E-state index in [9.17, 15) is 4.79 Å². The Morgan fingerprint density at radius 1 is 1.33 bits per heavy atom. The molecule has 1 unspecified atom stereocenters. The first-order valence-corrected chi connectivity index (χ1v) is 6.27. The van der Waals surface area contributed by atoms with Crippen LogP contribution in [-0.4, -0.2) is 31.4 Å². The molecule has 0 aliphatic carbocycles. The summed E-state index contributed by atoms with van der Waals surface area (Å²) >= 11 is 0. The molecule has 1 rings (SSSR count). The maximum absolute atomic E-state index is 11.8. The van der Waals surface area contributed by atoms with E-state index in [1.807, 2.05) is 45.3 Å². The van der Waals surface area contributed by atoms with Crippen LogP contribution in [0.25, 0.3) is 0 Å². The second kappa shape index (κ2) is 7.13. The van der Waals surface area contributed by atoms with Crippen LogP contribution in [0.5, 0.6) is 0 Å². The lowest BCUT2D eigenvalue weighted by Crippen LogP contribution is -2.22. The molecule has 0 bridgehead atoms. The van der Waals surface area contributed by atoms with Gasteiger partial charge in [-0.1, -0.05) is 19.1 Å². The van der Waals surface area contributed by atoms with E-state index in [-0.39, 0.29) is 11.8 Å². The molecule has 4 nitrogen and oxygen atoms in total. The van der Waals surface area contributed by atoms with E-state index >= 15 is 0 Å². The number of carbonyl (C=O) groups excluding carboxylic acids is 1. The molecule has 0 aliphatic rings. The summed E-state index contributed by atoms with van der Waals surface area (Å²) in [6.07, 6.45) is 0.713. The lowest BCUT2D eigenvalue weighted by molar-refractivity contribution is -0.119. The highest BCUT2D eigenvalue weighted by Gasteiger charge is 2.11. The van der Waals surface area contributed by atoms with Gasteiger partial charge in [-0.25, -0.2) is 0 Å². The first-order valence-electron chi connectivity index (χ1n) is 6.27. The number of rotatable bonds is 6. The molecule has 0 radical (unpaired) electrons. The van der Waals surface area contributed by atoms with Crippen LogP contribution < -0.4 is 11.1 Å². The second-order valence-electron chi connectivity index (χ2n) is 4.90. The Kier molecular flexibility index (Phi) is 5.82. The van der Waals surface area contributed by atoms with E-state index < -0.39 is 0 Å². The molecule has 0 saturated heterocycles. The third-order valence-electron chi connectivity index (χ3n) is 2.77. The largest absolute Gasteiger partial charge is 0.330 e. The van der Waals surface area contributed by atoms with Gasteiger partial charge in [-0.3, -0.25) is 4.79 Å². The van der Waals surface area contributed by atoms with Crippen molar-refractivity contribution < 1.29 is 4.79 Å². The Hall–Kier alpha value is -1.39. The molecule has 1 aromatic carbocycles. The fourth-order valence-electron chi connectivity index (χ4n) is 1.71. The normalized spacial score (nSPS) is 12.5. The van der Waals surface area contributed by atoms with Gasteiger partial charge in [-0.2, -0.15) is 0 Å². The van der Waals surface area contributed by atoms with Crippen molar-refractivity contribution in [3.63, 3.8) is 0 Å². The average Bonchev–Trinajstić information content (AvgIpc) is 2.31. The van der Waals surface area contributed by atoms with Crippen molar-refractivity contribution in [2.24, 2.45) is 11.7 Å². The predicted molar refractivity (Wildman–Crippen MR) is 75.3 cm³/mol. The molecule has 18 heavy (non-hydrogen) atoms. The van der Waals surface area contributed by atoms with Crippen LogP contribution >= 0.6 is 0 Å². The molecular weight excluding hydrogens is 226 g/mol. The van der Waals surface area contributed by atoms with Crippen LogP contribution in [0.1, 0.15) is 18.9 Å². The smallest absolute Gasteiger partial charge is 0.227 e. The van der Waals surface area contributed by atoms with Gasteiger partial charge in [0.15, 0.2) is 0 Å². The zero-order valence-corrected chi connectivity index (χ0v) is 11.4. The molecule has 100 valence electrons. The second-order valence-corrected chi connectivity index (χ2v) is 4.90. The molecule has 0 aromatic heterocycles. The van der Waals surface area contributed by atoms with Gasteiger partial charge in [0.1, 0.15) is 0 Å². The van der Waals surface area contributed by atoms with Gasteiger partial charge in [-0.15, -0.1) is 0 Å². The van der Waals surface area contributed by atoms with Gasteiger partial charge in [0.05, 0.1) is 0 Å². The van der Waals surface area contributed by atoms with Crippen molar-refractivity contribution >= 4 is 11.6 Å². The fourth-order valence-corrected chi connectivity index (χ4v) is 1.71. The lowest BCUT2D eigenvalue weighted by Gasteiger charge is -2.12. The number of hydrogen-bond acceptors (Lipinski definition) is 3. The Bertz CT molecular complexity index is 373. The maximum atomic E-state index is 11.8. The number of hydrogen-bond donors (Lipinski definition) is 2. The molecule has 0 heterocycles. The van der Waals surface area contributed by atoms with Gasteiger partial charge in [0.25, 0.3) is 0 Å². The van der Waals surface area contributed by atoms with E-state index in [2.05, 4.69) is 10.2 Å². The summed E-state index contributed by atoms with van der Waals surface area (Å²) in [6.45, 7) is 3.33. The maximum Gasteiger partial charge on any atom is 0.227 e. The summed E-state index contributed by atoms with van der Waals surface area (Å²) in [7, 11) is 4.06. The SMILES string of the molecule is CC(CCN)C(=O)Nc1ccc(CN(C)C)cc1. The standard InChI is InChI=1S/C14H23N3O/c1-11(8-9-15)14(18)16-13-6-4-12(5-7-13)10-17(2)3/h4-7,11H,8-10,15H2,1-3H3,(H,16,18). The lowest BCUT2D eigenvalue weighted by atomic mass is 10.1. The monoisotopic (exact) mass is 249 g/mol. The number of benzene rings is 1. The van der Waals surface area contributed by atoms with Gasteiger partial charge in [0.2, 0.25) is 5.91 Å². The van der Waals surface area contributed by atoms with Crippen molar-refractivity contribution in [3.05, 3.63) is 29.8 Å². The average molecular weight is 249 g/mol. The summed E-state index contributed by atoms with van der Waals surface area (Å²) < 4.78 is 0. The van der Waals surface area contributed by atoms with Crippen LogP contribution in [0, 0.1) is 5.92 Å². The highest BCUT2D eigenvalue weighted by Crippen LogP contribution is 2.12. The molecule has 0 saturated carbocycles. The number of carbonyl (C=O) groups is 1. The van der Waals surface area contributed by atoms with Crippen LogP contribution in [0.3, 0.4) is 0 Å². The summed E-state index contributed by atoms with van der Waals surface area (Å²) in [5, 5.41) is 2.90. The quantitative estimate of drug-likeness (QED) is 0.806. The van der Waals surface area contributed by atoms with Crippen LogP contribution in [0.15, 0.2) is 24.3 Å². The molecule has 0 aliphatic heterocycles. The molecule has 3 N–H and O–H groups in total. The molecule has 1 aromatic rings. The molecule has 1 atom stereocenters. The van der Waals surface area contributed by atoms with E-state index in [1.54, 1.807) is 0 Å². The Morgan fingerprint density at radius 3 is 2.44 bits per heavy atom. The summed E-state index contributed by atoms with van der Waals surface area (Å²) in [6, 6.07) is 7.93. The number of nitrogens with two attached hydrogens (primary N) is 1.